The summed E-state index contributed by atoms with van der Waals surface area (Å²) in [5.41, 5.74) is 1.25. The topological polar surface area (TPSA) is 73.4 Å². The second-order valence-corrected chi connectivity index (χ2v) is 7.03. The van der Waals surface area contributed by atoms with Crippen LogP contribution in [0.2, 0.25) is 0 Å². The first-order chi connectivity index (χ1) is 13.6. The molecular formula is C20H28N4O4. The molecule has 0 saturated carbocycles. The average Bonchev–Trinajstić information content (AvgIpc) is 2.74. The van der Waals surface area contributed by atoms with Crippen LogP contribution in [0.3, 0.4) is 0 Å². The smallest absolute Gasteiger partial charge is 0.409 e. The number of nitrogens with zero attached hydrogens (tertiary/aromatic N) is 4. The first-order valence-electron chi connectivity index (χ1n) is 9.84. The summed E-state index contributed by atoms with van der Waals surface area (Å²) < 4.78 is 4.98. The van der Waals surface area contributed by atoms with Gasteiger partial charge in [0.05, 0.1) is 6.61 Å². The van der Waals surface area contributed by atoms with Crippen LogP contribution >= 0.6 is 0 Å². The summed E-state index contributed by atoms with van der Waals surface area (Å²) in [7, 11) is 0. The van der Waals surface area contributed by atoms with Gasteiger partial charge >= 0.3 is 17.9 Å². The van der Waals surface area contributed by atoms with E-state index >= 15 is 0 Å². The third-order valence-corrected chi connectivity index (χ3v) is 5.18. The van der Waals surface area contributed by atoms with Gasteiger partial charge in [0.2, 0.25) is 0 Å². The van der Waals surface area contributed by atoms with Crippen molar-refractivity contribution < 1.29 is 19.1 Å². The van der Waals surface area contributed by atoms with Crippen LogP contribution in [0.1, 0.15) is 12.5 Å². The number of carbonyl (C=O) groups excluding carboxylic acids is 3. The molecule has 1 aromatic rings. The highest BCUT2D eigenvalue weighted by Gasteiger charge is 2.32. The third-order valence-electron chi connectivity index (χ3n) is 5.18. The molecule has 28 heavy (non-hydrogen) atoms. The van der Waals surface area contributed by atoms with Gasteiger partial charge in [0.25, 0.3) is 0 Å². The van der Waals surface area contributed by atoms with Crippen molar-refractivity contribution in [3.8, 4) is 0 Å². The van der Waals surface area contributed by atoms with Gasteiger partial charge in [-0.15, -0.1) is 0 Å². The Morgan fingerprint density at radius 3 is 1.82 bits per heavy atom. The lowest BCUT2D eigenvalue weighted by Crippen LogP contribution is -2.56. The Balaban J connectivity index is 1.43. The predicted octanol–water partition coefficient (Wildman–Crippen LogP) is 0.632. The molecule has 0 radical (unpaired) electrons. The van der Waals surface area contributed by atoms with E-state index in [-0.39, 0.29) is 6.09 Å². The Bertz CT molecular complexity index is 681. The summed E-state index contributed by atoms with van der Waals surface area (Å²) >= 11 is 0. The summed E-state index contributed by atoms with van der Waals surface area (Å²) in [5.74, 6) is -0.913. The van der Waals surface area contributed by atoms with Crippen LogP contribution in [0.25, 0.3) is 0 Å². The minimum atomic E-state index is -0.472. The second-order valence-electron chi connectivity index (χ2n) is 7.03. The molecule has 2 heterocycles. The quantitative estimate of drug-likeness (QED) is 0.711. The summed E-state index contributed by atoms with van der Waals surface area (Å²) in [4.78, 5) is 43.9. The summed E-state index contributed by atoms with van der Waals surface area (Å²) in [6.45, 7) is 7.06. The number of hydrogen-bond acceptors (Lipinski definition) is 5. The summed E-state index contributed by atoms with van der Waals surface area (Å²) in [5, 5.41) is 0. The van der Waals surface area contributed by atoms with Crippen molar-refractivity contribution in [2.75, 3.05) is 59.0 Å². The Morgan fingerprint density at radius 2 is 1.29 bits per heavy atom. The molecule has 0 atom stereocenters. The molecule has 8 heteroatoms. The fourth-order valence-corrected chi connectivity index (χ4v) is 3.53. The fourth-order valence-electron chi connectivity index (χ4n) is 3.53. The SMILES string of the molecule is CCOC(=O)N1CCN(C(=O)C(=O)N2CCN(Cc3ccccc3)CC2)CC1. The maximum absolute atomic E-state index is 12.6. The minimum absolute atomic E-state index is 0.326. The average molecular weight is 388 g/mol. The maximum Gasteiger partial charge on any atom is 0.409 e. The van der Waals surface area contributed by atoms with Crippen molar-refractivity contribution in [1.29, 1.82) is 0 Å². The van der Waals surface area contributed by atoms with E-state index in [1.54, 1.807) is 16.7 Å². The monoisotopic (exact) mass is 388 g/mol. The van der Waals surface area contributed by atoms with Gasteiger partial charge in [-0.25, -0.2) is 4.79 Å². The maximum atomic E-state index is 12.6. The van der Waals surface area contributed by atoms with Crippen LogP contribution in [0.5, 0.6) is 0 Å². The zero-order valence-electron chi connectivity index (χ0n) is 16.4. The Morgan fingerprint density at radius 1 is 0.786 bits per heavy atom. The molecule has 8 nitrogen and oxygen atoms in total. The van der Waals surface area contributed by atoms with E-state index in [1.165, 1.54) is 10.5 Å². The van der Waals surface area contributed by atoms with Gasteiger partial charge in [0, 0.05) is 58.9 Å². The highest BCUT2D eigenvalue weighted by Crippen LogP contribution is 2.10. The van der Waals surface area contributed by atoms with Crippen LogP contribution in [0, 0.1) is 0 Å². The van der Waals surface area contributed by atoms with E-state index < -0.39 is 11.8 Å². The van der Waals surface area contributed by atoms with Crippen LogP contribution in [-0.2, 0) is 20.9 Å². The number of hydrogen-bond donors (Lipinski definition) is 0. The molecule has 152 valence electrons. The number of ether oxygens (including phenoxy) is 1. The number of benzene rings is 1. The normalized spacial score (nSPS) is 18.1. The minimum Gasteiger partial charge on any atom is -0.450 e. The molecule has 3 amide bonds. The van der Waals surface area contributed by atoms with Gasteiger partial charge in [-0.1, -0.05) is 30.3 Å². The molecule has 0 aliphatic carbocycles. The Kier molecular flexibility index (Phi) is 6.86. The van der Waals surface area contributed by atoms with Crippen molar-refractivity contribution in [3.63, 3.8) is 0 Å². The molecule has 3 rings (SSSR count). The van der Waals surface area contributed by atoms with E-state index in [4.69, 9.17) is 4.74 Å². The molecule has 2 fully saturated rings. The van der Waals surface area contributed by atoms with E-state index in [0.717, 1.165) is 19.6 Å². The van der Waals surface area contributed by atoms with E-state index in [1.807, 2.05) is 18.2 Å². The first kappa shape index (κ1) is 20.1. The van der Waals surface area contributed by atoms with Gasteiger partial charge in [-0.2, -0.15) is 0 Å². The molecule has 0 aromatic heterocycles. The van der Waals surface area contributed by atoms with E-state index in [2.05, 4.69) is 17.0 Å². The Hall–Kier alpha value is -2.61. The van der Waals surface area contributed by atoms with E-state index in [9.17, 15) is 14.4 Å². The number of amides is 3. The summed E-state index contributed by atoms with van der Waals surface area (Å²) in [6.07, 6.45) is -0.365. The molecule has 2 aliphatic heterocycles. The van der Waals surface area contributed by atoms with Crippen molar-refractivity contribution in [1.82, 2.24) is 19.6 Å². The Labute approximate surface area is 165 Å². The molecule has 1 aromatic carbocycles. The lowest BCUT2D eigenvalue weighted by atomic mass is 10.2. The highest BCUT2D eigenvalue weighted by molar-refractivity contribution is 6.34. The van der Waals surface area contributed by atoms with Crippen LogP contribution in [-0.4, -0.2) is 96.5 Å². The van der Waals surface area contributed by atoms with Crippen molar-refractivity contribution in [2.45, 2.75) is 13.5 Å². The zero-order valence-corrected chi connectivity index (χ0v) is 16.4. The van der Waals surface area contributed by atoms with Gasteiger partial charge in [0.1, 0.15) is 0 Å². The zero-order chi connectivity index (χ0) is 19.9. The molecule has 0 spiro atoms. The second kappa shape index (κ2) is 9.54. The third kappa shape index (κ3) is 5.01. The van der Waals surface area contributed by atoms with Crippen LogP contribution < -0.4 is 0 Å². The number of rotatable bonds is 3. The number of piperazine rings is 2. The van der Waals surface area contributed by atoms with Crippen molar-refractivity contribution in [2.24, 2.45) is 0 Å². The molecule has 2 aliphatic rings. The lowest BCUT2D eigenvalue weighted by molar-refractivity contribution is -0.153. The molecule has 0 N–H and O–H groups in total. The summed E-state index contributed by atoms with van der Waals surface area (Å²) in [6, 6.07) is 10.2. The first-order valence-corrected chi connectivity index (χ1v) is 9.84. The lowest BCUT2D eigenvalue weighted by Gasteiger charge is -2.37. The fraction of sp³-hybridized carbons (Fsp3) is 0.550. The highest BCUT2D eigenvalue weighted by atomic mass is 16.6. The van der Waals surface area contributed by atoms with Gasteiger partial charge in [0.15, 0.2) is 0 Å². The van der Waals surface area contributed by atoms with Crippen LogP contribution in [0.4, 0.5) is 4.79 Å². The molecule has 0 bridgehead atoms. The molecule has 0 unspecified atom stereocenters. The number of carbonyl (C=O) groups is 3. The standard InChI is InChI=1S/C20H28N4O4/c1-2-28-20(27)24-14-12-23(13-15-24)19(26)18(25)22-10-8-21(9-11-22)16-17-6-4-3-5-7-17/h3-7H,2,8-16H2,1H3. The van der Waals surface area contributed by atoms with Crippen molar-refractivity contribution in [3.05, 3.63) is 35.9 Å². The largest absolute Gasteiger partial charge is 0.450 e. The molecule has 2 saturated heterocycles. The van der Waals surface area contributed by atoms with Gasteiger partial charge in [-0.3, -0.25) is 14.5 Å². The predicted molar refractivity (Wildman–Crippen MR) is 103 cm³/mol. The molecular weight excluding hydrogens is 360 g/mol. The van der Waals surface area contributed by atoms with Gasteiger partial charge in [-0.05, 0) is 12.5 Å². The van der Waals surface area contributed by atoms with Crippen LogP contribution in [0.15, 0.2) is 30.3 Å². The van der Waals surface area contributed by atoms with Crippen molar-refractivity contribution >= 4 is 17.9 Å². The van der Waals surface area contributed by atoms with E-state index in [0.29, 0.717) is 45.9 Å². The van der Waals surface area contributed by atoms with Gasteiger partial charge < -0.3 is 19.4 Å².